The Labute approximate surface area is 80.6 Å². The van der Waals surface area contributed by atoms with E-state index < -0.39 is 0 Å². The van der Waals surface area contributed by atoms with Gasteiger partial charge in [0.2, 0.25) is 0 Å². The maximum Gasteiger partial charge on any atom is 0.308 e. The molecule has 4 heteroatoms. The lowest BCUT2D eigenvalue weighted by atomic mass is 9.99. The number of carbonyl (C=O) groups excluding carboxylic acids is 1. The molecule has 1 rings (SSSR count). The van der Waals surface area contributed by atoms with Gasteiger partial charge >= 0.3 is 5.97 Å². The van der Waals surface area contributed by atoms with Crippen molar-refractivity contribution in [3.63, 3.8) is 0 Å². The molecule has 0 atom stereocenters. The van der Waals surface area contributed by atoms with Gasteiger partial charge in [-0.25, -0.2) is 3.11 Å². The van der Waals surface area contributed by atoms with Gasteiger partial charge in [-0.2, -0.15) is 0 Å². The summed E-state index contributed by atoms with van der Waals surface area (Å²) in [6.45, 7) is 2.00. The fourth-order valence-electron chi connectivity index (χ4n) is 1.25. The van der Waals surface area contributed by atoms with E-state index in [1.165, 1.54) is 7.11 Å². The SMILES string of the molecule is COC(=O)C1CCN(I)CC1. The van der Waals surface area contributed by atoms with Crippen LogP contribution in [-0.2, 0) is 9.53 Å². The third kappa shape index (κ3) is 2.59. The molecular weight excluding hydrogens is 257 g/mol. The molecule has 3 nitrogen and oxygen atoms in total. The summed E-state index contributed by atoms with van der Waals surface area (Å²) >= 11 is 2.28. The van der Waals surface area contributed by atoms with Gasteiger partial charge in [0.15, 0.2) is 0 Å². The van der Waals surface area contributed by atoms with Crippen LogP contribution in [-0.4, -0.2) is 29.3 Å². The van der Waals surface area contributed by atoms with Gasteiger partial charge in [-0.05, 0) is 12.8 Å². The van der Waals surface area contributed by atoms with Crippen LogP contribution in [0.2, 0.25) is 0 Å². The molecule has 0 spiro atoms. The van der Waals surface area contributed by atoms with E-state index in [0.717, 1.165) is 25.9 Å². The van der Waals surface area contributed by atoms with Crippen molar-refractivity contribution in [3.8, 4) is 0 Å². The van der Waals surface area contributed by atoms with Crippen LogP contribution in [0.15, 0.2) is 0 Å². The molecule has 0 radical (unpaired) electrons. The number of rotatable bonds is 1. The highest BCUT2D eigenvalue weighted by molar-refractivity contribution is 14.1. The van der Waals surface area contributed by atoms with E-state index in [1.807, 2.05) is 0 Å². The van der Waals surface area contributed by atoms with E-state index in [0.29, 0.717) is 0 Å². The van der Waals surface area contributed by atoms with Crippen molar-refractivity contribution in [1.82, 2.24) is 3.11 Å². The molecule has 0 aliphatic carbocycles. The van der Waals surface area contributed by atoms with Crippen LogP contribution in [0.1, 0.15) is 12.8 Å². The van der Waals surface area contributed by atoms with Crippen LogP contribution >= 0.6 is 22.9 Å². The lowest BCUT2D eigenvalue weighted by Crippen LogP contribution is -2.30. The van der Waals surface area contributed by atoms with Crippen molar-refractivity contribution in [1.29, 1.82) is 0 Å². The summed E-state index contributed by atoms with van der Waals surface area (Å²) in [6, 6.07) is 0. The Balaban J connectivity index is 2.33. The largest absolute Gasteiger partial charge is 0.469 e. The summed E-state index contributed by atoms with van der Waals surface area (Å²) < 4.78 is 6.87. The Morgan fingerprint density at radius 1 is 1.55 bits per heavy atom. The fourth-order valence-corrected chi connectivity index (χ4v) is 1.81. The van der Waals surface area contributed by atoms with Gasteiger partial charge in [-0.15, -0.1) is 0 Å². The number of methoxy groups -OCH3 is 1. The molecule has 0 aromatic carbocycles. The highest BCUT2D eigenvalue weighted by Gasteiger charge is 2.24. The molecule has 0 aromatic heterocycles. The molecule has 64 valence electrons. The summed E-state index contributed by atoms with van der Waals surface area (Å²) in [5.74, 6) is 0.0977. The number of ether oxygens (including phenoxy) is 1. The predicted octanol–water partition coefficient (Wildman–Crippen LogP) is 1.22. The van der Waals surface area contributed by atoms with Crippen LogP contribution in [0.3, 0.4) is 0 Å². The molecule has 0 saturated carbocycles. The number of esters is 1. The Morgan fingerprint density at radius 3 is 2.55 bits per heavy atom. The topological polar surface area (TPSA) is 29.5 Å². The molecule has 0 N–H and O–H groups in total. The monoisotopic (exact) mass is 269 g/mol. The van der Waals surface area contributed by atoms with E-state index in [4.69, 9.17) is 0 Å². The Kier molecular flexibility index (Phi) is 3.58. The summed E-state index contributed by atoms with van der Waals surface area (Å²) in [4.78, 5) is 11.0. The summed E-state index contributed by atoms with van der Waals surface area (Å²) in [6.07, 6.45) is 1.88. The van der Waals surface area contributed by atoms with Gasteiger partial charge in [0.1, 0.15) is 0 Å². The van der Waals surface area contributed by atoms with Crippen LogP contribution in [0.5, 0.6) is 0 Å². The number of nitrogens with zero attached hydrogens (tertiary/aromatic N) is 1. The smallest absolute Gasteiger partial charge is 0.308 e. The number of carbonyl (C=O) groups is 1. The molecule has 11 heavy (non-hydrogen) atoms. The molecule has 1 saturated heterocycles. The maximum atomic E-state index is 11.0. The second-order valence-corrected chi connectivity index (χ2v) is 4.07. The normalized spacial score (nSPS) is 21.6. The average molecular weight is 269 g/mol. The highest BCUT2D eigenvalue weighted by atomic mass is 127. The zero-order valence-electron chi connectivity index (χ0n) is 6.55. The Hall–Kier alpha value is 0.160. The van der Waals surface area contributed by atoms with E-state index in [2.05, 4.69) is 30.7 Å². The van der Waals surface area contributed by atoms with Gasteiger partial charge in [0, 0.05) is 36.0 Å². The van der Waals surface area contributed by atoms with Crippen molar-refractivity contribution < 1.29 is 9.53 Å². The van der Waals surface area contributed by atoms with Crippen molar-refractivity contribution in [2.45, 2.75) is 12.8 Å². The quantitative estimate of drug-likeness (QED) is 0.407. The molecule has 1 aliphatic rings. The van der Waals surface area contributed by atoms with E-state index in [-0.39, 0.29) is 11.9 Å². The molecule has 1 heterocycles. The second-order valence-electron chi connectivity index (χ2n) is 2.71. The standard InChI is InChI=1S/C7H12INO2/c1-11-7(10)6-2-4-9(8)5-3-6/h6H,2-5H2,1H3. The molecule has 0 bridgehead atoms. The van der Waals surface area contributed by atoms with Crippen LogP contribution in [0.25, 0.3) is 0 Å². The lowest BCUT2D eigenvalue weighted by molar-refractivity contribution is -0.146. The highest BCUT2D eigenvalue weighted by Crippen LogP contribution is 2.20. The molecule has 0 unspecified atom stereocenters. The Morgan fingerprint density at radius 2 is 2.09 bits per heavy atom. The zero-order valence-corrected chi connectivity index (χ0v) is 8.70. The first-order valence-electron chi connectivity index (χ1n) is 3.72. The van der Waals surface area contributed by atoms with Crippen molar-refractivity contribution >= 4 is 28.8 Å². The average Bonchev–Trinajstić information content (AvgIpc) is 2.05. The Bertz CT molecular complexity index is 143. The number of piperidine rings is 1. The lowest BCUT2D eigenvalue weighted by Gasteiger charge is -2.25. The van der Waals surface area contributed by atoms with Gasteiger partial charge < -0.3 is 4.74 Å². The van der Waals surface area contributed by atoms with E-state index in [9.17, 15) is 4.79 Å². The minimum absolute atomic E-state index is 0.0468. The maximum absolute atomic E-state index is 11.0. The summed E-state index contributed by atoms with van der Waals surface area (Å²) in [5.41, 5.74) is 0. The van der Waals surface area contributed by atoms with Crippen molar-refractivity contribution in [3.05, 3.63) is 0 Å². The zero-order chi connectivity index (χ0) is 8.27. The van der Waals surface area contributed by atoms with Gasteiger partial charge in [-0.3, -0.25) is 4.79 Å². The predicted molar refractivity (Wildman–Crippen MR) is 50.3 cm³/mol. The van der Waals surface area contributed by atoms with Gasteiger partial charge in [0.05, 0.1) is 13.0 Å². The molecule has 1 fully saturated rings. The third-order valence-corrected chi connectivity index (χ3v) is 2.94. The number of halogens is 1. The summed E-state index contributed by atoms with van der Waals surface area (Å²) in [7, 11) is 1.46. The van der Waals surface area contributed by atoms with Gasteiger partial charge in [-0.1, -0.05) is 0 Å². The van der Waals surface area contributed by atoms with E-state index in [1.54, 1.807) is 0 Å². The molecule has 1 aliphatic heterocycles. The van der Waals surface area contributed by atoms with Crippen LogP contribution in [0, 0.1) is 5.92 Å². The first-order chi connectivity index (χ1) is 5.24. The fraction of sp³-hybridized carbons (Fsp3) is 0.857. The van der Waals surface area contributed by atoms with Crippen molar-refractivity contribution in [2.75, 3.05) is 20.2 Å². The second kappa shape index (κ2) is 4.25. The minimum Gasteiger partial charge on any atom is -0.469 e. The summed E-state index contributed by atoms with van der Waals surface area (Å²) in [5, 5.41) is 0. The third-order valence-electron chi connectivity index (χ3n) is 1.97. The first-order valence-corrected chi connectivity index (χ1v) is 4.69. The van der Waals surface area contributed by atoms with Crippen LogP contribution in [0.4, 0.5) is 0 Å². The van der Waals surface area contributed by atoms with Crippen molar-refractivity contribution in [2.24, 2.45) is 5.92 Å². The van der Waals surface area contributed by atoms with E-state index >= 15 is 0 Å². The number of hydrogen-bond donors (Lipinski definition) is 0. The van der Waals surface area contributed by atoms with Gasteiger partial charge in [0.25, 0.3) is 0 Å². The molecular formula is C7H12INO2. The molecule has 0 aromatic rings. The minimum atomic E-state index is -0.0468. The number of hydrogen-bond acceptors (Lipinski definition) is 3. The van der Waals surface area contributed by atoms with Crippen LogP contribution < -0.4 is 0 Å². The molecule has 0 amide bonds. The first kappa shape index (κ1) is 9.25.